The molecule has 1 rings (SSSR count). The monoisotopic (exact) mass is 244 g/mol. The summed E-state index contributed by atoms with van der Waals surface area (Å²) >= 11 is 0. The van der Waals surface area contributed by atoms with Gasteiger partial charge in [-0.15, -0.1) is 0 Å². The zero-order valence-electron chi connectivity index (χ0n) is 10.4. The van der Waals surface area contributed by atoms with Crippen molar-refractivity contribution in [3.05, 3.63) is 0 Å². The number of nitrogens with zero attached hydrogens (tertiary/aromatic N) is 4. The number of hydrogen-bond acceptors (Lipinski definition) is 4. The maximum Gasteiger partial charge on any atom is 0.244 e. The average molecular weight is 244 g/mol. The van der Waals surface area contributed by atoms with Crippen molar-refractivity contribution < 1.29 is 4.79 Å². The lowest BCUT2D eigenvalue weighted by atomic mass is 9.80. The lowest BCUT2D eigenvalue weighted by Crippen LogP contribution is -2.43. The third-order valence-electron chi connectivity index (χ3n) is 3.39. The molecule has 0 saturated heterocycles. The van der Waals surface area contributed by atoms with Gasteiger partial charge in [0.15, 0.2) is 0 Å². The van der Waals surface area contributed by atoms with Crippen LogP contribution in [0.15, 0.2) is 0 Å². The van der Waals surface area contributed by atoms with E-state index in [1.807, 2.05) is 12.1 Å². The van der Waals surface area contributed by atoms with E-state index < -0.39 is 5.41 Å². The van der Waals surface area contributed by atoms with Gasteiger partial charge in [-0.2, -0.15) is 15.8 Å². The van der Waals surface area contributed by atoms with E-state index in [4.69, 9.17) is 10.5 Å². The normalized spacial score (nSPS) is 17.6. The summed E-state index contributed by atoms with van der Waals surface area (Å²) < 4.78 is 0. The van der Waals surface area contributed by atoms with Gasteiger partial charge in [0.25, 0.3) is 0 Å². The van der Waals surface area contributed by atoms with Crippen LogP contribution in [-0.2, 0) is 4.79 Å². The smallest absolute Gasteiger partial charge is 0.244 e. The minimum Gasteiger partial charge on any atom is -0.315 e. The predicted molar refractivity (Wildman–Crippen MR) is 63.6 cm³/mol. The fourth-order valence-corrected chi connectivity index (χ4v) is 2.38. The highest BCUT2D eigenvalue weighted by Crippen LogP contribution is 2.36. The highest BCUT2D eigenvalue weighted by atomic mass is 16.2. The van der Waals surface area contributed by atoms with Crippen LogP contribution in [0, 0.1) is 39.4 Å². The van der Waals surface area contributed by atoms with E-state index in [1.165, 1.54) is 4.90 Å². The summed E-state index contributed by atoms with van der Waals surface area (Å²) in [6, 6.07) is 5.89. The van der Waals surface area contributed by atoms with Gasteiger partial charge in [0, 0.05) is 0 Å². The van der Waals surface area contributed by atoms with Gasteiger partial charge in [-0.1, -0.05) is 25.7 Å². The van der Waals surface area contributed by atoms with E-state index in [0.29, 0.717) is 12.8 Å². The molecule has 0 atom stereocenters. The SMILES string of the molecule is N#CCN(CC#N)C(=O)C1(C#N)CCCCCC1. The van der Waals surface area contributed by atoms with Crippen molar-refractivity contribution in [2.45, 2.75) is 38.5 Å². The molecule has 18 heavy (non-hydrogen) atoms. The summed E-state index contributed by atoms with van der Waals surface area (Å²) in [7, 11) is 0. The highest BCUT2D eigenvalue weighted by Gasteiger charge is 2.41. The quantitative estimate of drug-likeness (QED) is 0.558. The molecule has 0 bridgehead atoms. The summed E-state index contributed by atoms with van der Waals surface area (Å²) in [5, 5.41) is 26.7. The average Bonchev–Trinajstić information content (AvgIpc) is 2.64. The summed E-state index contributed by atoms with van der Waals surface area (Å²) in [6.07, 6.45) is 4.85. The first-order chi connectivity index (χ1) is 8.70. The molecule has 0 aromatic carbocycles. The van der Waals surface area contributed by atoms with Crippen LogP contribution >= 0.6 is 0 Å². The molecular formula is C13H16N4O. The molecule has 0 heterocycles. The largest absolute Gasteiger partial charge is 0.315 e. The van der Waals surface area contributed by atoms with Gasteiger partial charge in [0.05, 0.1) is 18.2 Å². The number of nitriles is 3. The van der Waals surface area contributed by atoms with Crippen LogP contribution in [0.4, 0.5) is 0 Å². The molecule has 1 fully saturated rings. The zero-order chi connectivity index (χ0) is 13.4. The third kappa shape index (κ3) is 2.99. The molecule has 0 aromatic heterocycles. The maximum absolute atomic E-state index is 12.4. The minimum absolute atomic E-state index is 0.129. The van der Waals surface area contributed by atoms with Gasteiger partial charge in [0.1, 0.15) is 18.5 Å². The summed E-state index contributed by atoms with van der Waals surface area (Å²) in [5.41, 5.74) is -1.02. The molecule has 5 nitrogen and oxygen atoms in total. The van der Waals surface area contributed by atoms with Gasteiger partial charge < -0.3 is 4.90 Å². The molecule has 1 aliphatic rings. The first kappa shape index (κ1) is 14.0. The predicted octanol–water partition coefficient (Wildman–Crippen LogP) is 1.73. The number of carbonyl (C=O) groups excluding carboxylic acids is 1. The van der Waals surface area contributed by atoms with Crippen molar-refractivity contribution in [3.8, 4) is 18.2 Å². The molecule has 0 N–H and O–H groups in total. The number of carbonyl (C=O) groups is 1. The second-order valence-corrected chi connectivity index (χ2v) is 4.59. The number of rotatable bonds is 3. The van der Waals surface area contributed by atoms with Crippen molar-refractivity contribution in [2.75, 3.05) is 13.1 Å². The van der Waals surface area contributed by atoms with Gasteiger partial charge in [-0.25, -0.2) is 0 Å². The van der Waals surface area contributed by atoms with Crippen molar-refractivity contribution in [2.24, 2.45) is 5.41 Å². The van der Waals surface area contributed by atoms with E-state index in [-0.39, 0.29) is 19.0 Å². The van der Waals surface area contributed by atoms with E-state index in [1.54, 1.807) is 0 Å². The summed E-state index contributed by atoms with van der Waals surface area (Å²) in [6.45, 7) is -0.258. The Morgan fingerprint density at radius 1 is 1.00 bits per heavy atom. The molecule has 0 radical (unpaired) electrons. The van der Waals surface area contributed by atoms with Crippen LogP contribution < -0.4 is 0 Å². The lowest BCUT2D eigenvalue weighted by Gasteiger charge is -2.28. The molecular weight excluding hydrogens is 228 g/mol. The molecule has 1 aliphatic carbocycles. The summed E-state index contributed by atoms with van der Waals surface area (Å²) in [5.74, 6) is -0.352. The first-order valence-electron chi connectivity index (χ1n) is 6.15. The topological polar surface area (TPSA) is 91.7 Å². The molecule has 0 spiro atoms. The van der Waals surface area contributed by atoms with Crippen LogP contribution in [-0.4, -0.2) is 23.9 Å². The molecule has 94 valence electrons. The summed E-state index contributed by atoms with van der Waals surface area (Å²) in [4.78, 5) is 13.6. The Labute approximate surface area is 107 Å². The maximum atomic E-state index is 12.4. The van der Waals surface area contributed by atoms with Crippen molar-refractivity contribution in [1.29, 1.82) is 15.8 Å². The second-order valence-electron chi connectivity index (χ2n) is 4.59. The second kappa shape index (κ2) is 6.62. The highest BCUT2D eigenvalue weighted by molar-refractivity contribution is 5.86. The Morgan fingerprint density at radius 2 is 1.50 bits per heavy atom. The Kier molecular flexibility index (Phi) is 5.15. The van der Waals surface area contributed by atoms with Gasteiger partial charge in [-0.3, -0.25) is 4.79 Å². The van der Waals surface area contributed by atoms with Crippen molar-refractivity contribution >= 4 is 5.91 Å². The molecule has 0 aliphatic heterocycles. The Balaban J connectivity index is 2.92. The number of amides is 1. The van der Waals surface area contributed by atoms with Crippen molar-refractivity contribution in [3.63, 3.8) is 0 Å². The van der Waals surface area contributed by atoms with E-state index in [0.717, 1.165) is 25.7 Å². The Bertz CT molecular complexity index is 400. The van der Waals surface area contributed by atoms with Crippen LogP contribution in [0.25, 0.3) is 0 Å². The molecule has 1 amide bonds. The molecule has 1 saturated carbocycles. The molecule has 0 aromatic rings. The van der Waals surface area contributed by atoms with E-state index in [2.05, 4.69) is 6.07 Å². The molecule has 5 heteroatoms. The number of hydrogen-bond donors (Lipinski definition) is 0. The third-order valence-corrected chi connectivity index (χ3v) is 3.39. The van der Waals surface area contributed by atoms with Crippen LogP contribution in [0.3, 0.4) is 0 Å². The first-order valence-corrected chi connectivity index (χ1v) is 6.15. The van der Waals surface area contributed by atoms with Crippen molar-refractivity contribution in [1.82, 2.24) is 4.90 Å². The van der Waals surface area contributed by atoms with Gasteiger partial charge in [-0.05, 0) is 12.8 Å². The van der Waals surface area contributed by atoms with Crippen LogP contribution in [0.2, 0.25) is 0 Å². The minimum atomic E-state index is -1.02. The zero-order valence-corrected chi connectivity index (χ0v) is 10.4. The fourth-order valence-electron chi connectivity index (χ4n) is 2.38. The standard InChI is InChI=1S/C13H16N4O/c14-7-9-17(10-8-15)12(18)13(11-16)5-3-1-2-4-6-13/h1-6,9-10H2. The van der Waals surface area contributed by atoms with Crippen LogP contribution in [0.5, 0.6) is 0 Å². The fraction of sp³-hybridized carbons (Fsp3) is 0.692. The Hall–Kier alpha value is -2.06. The van der Waals surface area contributed by atoms with Crippen LogP contribution in [0.1, 0.15) is 38.5 Å². The van der Waals surface area contributed by atoms with Gasteiger partial charge >= 0.3 is 0 Å². The van der Waals surface area contributed by atoms with E-state index >= 15 is 0 Å². The Morgan fingerprint density at radius 3 is 1.89 bits per heavy atom. The van der Waals surface area contributed by atoms with Gasteiger partial charge in [0.2, 0.25) is 5.91 Å². The van der Waals surface area contributed by atoms with E-state index in [9.17, 15) is 10.1 Å². The lowest BCUT2D eigenvalue weighted by molar-refractivity contribution is -0.138. The molecule has 0 unspecified atom stereocenters.